The average Bonchev–Trinajstić information content (AvgIpc) is 1.61. The van der Waals surface area contributed by atoms with Crippen molar-refractivity contribution in [2.45, 2.75) is 13.3 Å². The summed E-state index contributed by atoms with van der Waals surface area (Å²) >= 11 is 0. The van der Waals surface area contributed by atoms with Crippen LogP contribution < -0.4 is 51.4 Å². The quantitative estimate of drug-likeness (QED) is 0.195. The molecule has 0 saturated carbocycles. The van der Waals surface area contributed by atoms with Crippen LogP contribution in [0.2, 0.25) is 0 Å². The molecule has 0 fully saturated rings. The third-order valence-electron chi connectivity index (χ3n) is 0.381. The molecule has 7 heavy (non-hydrogen) atoms. The summed E-state index contributed by atoms with van der Waals surface area (Å²) in [6.07, 6.45) is 0.895. The van der Waals surface area contributed by atoms with Crippen molar-refractivity contribution in [1.82, 2.24) is 0 Å². The molecule has 0 unspecified atom stereocenters. The molecule has 0 radical (unpaired) electrons. The Labute approximate surface area is 85.6 Å². The predicted octanol–water partition coefficient (Wildman–Crippen LogP) is -1.54. The molecule has 4 heteroatoms. The first-order chi connectivity index (χ1) is 2.91. The van der Waals surface area contributed by atoms with Crippen molar-refractivity contribution in [2.24, 2.45) is 5.29 Å². The Morgan fingerprint density at radius 3 is 2.43 bits per heavy atom. The minimum absolute atomic E-state index is 0. The largest absolute Gasteiger partial charge is 1.00 e. The summed E-state index contributed by atoms with van der Waals surface area (Å²) in [5, 5.41) is 2.30. The normalized spacial score (nSPS) is 6.43. The van der Waals surface area contributed by atoms with Crippen molar-refractivity contribution in [1.29, 1.82) is 0 Å². The summed E-state index contributed by atoms with van der Waals surface area (Å²) in [6.45, 7) is 2.50. The minimum atomic E-state index is 0. The Hall–Kier alpha value is 1.04. The molecule has 0 saturated heterocycles. The van der Waals surface area contributed by atoms with Crippen LogP contribution in [-0.2, 0) is 0 Å². The van der Waals surface area contributed by atoms with E-state index in [0.29, 0.717) is 6.54 Å². The van der Waals surface area contributed by atoms with Gasteiger partial charge in [0.25, 0.3) is 0 Å². The van der Waals surface area contributed by atoms with Crippen molar-refractivity contribution in [3.05, 3.63) is 10.3 Å². The van der Waals surface area contributed by atoms with Crippen LogP contribution in [0.25, 0.3) is 5.43 Å². The van der Waals surface area contributed by atoms with Crippen molar-refractivity contribution >= 4 is 0 Å². The summed E-state index contributed by atoms with van der Waals surface area (Å²) in [5.41, 5.74) is 3.16. The molecule has 3 nitrogen and oxygen atoms in total. The van der Waals surface area contributed by atoms with E-state index in [4.69, 9.17) is 4.91 Å². The van der Waals surface area contributed by atoms with Crippen LogP contribution in [0.3, 0.4) is 0 Å². The van der Waals surface area contributed by atoms with Gasteiger partial charge in [-0.25, -0.2) is 0 Å². The van der Waals surface area contributed by atoms with Crippen molar-refractivity contribution in [3.8, 4) is 0 Å². The first-order valence-corrected chi connectivity index (χ1v) is 1.91. The monoisotopic (exact) mass is 126 g/mol. The number of nitrogens with zero attached hydrogens (tertiary/aromatic N) is 2. The van der Waals surface area contributed by atoms with Crippen LogP contribution in [-0.4, -0.2) is 6.54 Å². The van der Waals surface area contributed by atoms with Crippen molar-refractivity contribution in [3.63, 3.8) is 0 Å². The molecule has 0 N–H and O–H groups in total. The minimum Gasteiger partial charge on any atom is -0.563 e. The second kappa shape index (κ2) is 10.1. The van der Waals surface area contributed by atoms with Gasteiger partial charge in [0, 0.05) is 0 Å². The second-order valence-corrected chi connectivity index (χ2v) is 0.947. The van der Waals surface area contributed by atoms with E-state index in [-0.39, 0.29) is 51.4 Å². The second-order valence-electron chi connectivity index (χ2n) is 0.947. The number of hydrogen-bond donors (Lipinski definition) is 0. The molecule has 0 bridgehead atoms. The molecular formula is C3H7KN2O. The average molecular weight is 126 g/mol. The van der Waals surface area contributed by atoms with Gasteiger partial charge in [-0.1, -0.05) is 13.3 Å². The van der Waals surface area contributed by atoms with Crippen LogP contribution in [0.15, 0.2) is 5.29 Å². The van der Waals surface area contributed by atoms with Gasteiger partial charge in [0.15, 0.2) is 0 Å². The van der Waals surface area contributed by atoms with E-state index in [9.17, 15) is 0 Å². The standard InChI is InChI=1S/C3H8N2O.K/c1-2-3-4-5-6;/h2-3H2,1H3,(H,4,6);/q;+1/p-1. The fraction of sp³-hybridized carbons (Fsp3) is 1.00. The van der Waals surface area contributed by atoms with Gasteiger partial charge < -0.3 is 5.43 Å². The summed E-state index contributed by atoms with van der Waals surface area (Å²) in [7, 11) is 0. The zero-order valence-electron chi connectivity index (χ0n) is 4.72. The molecular weight excluding hydrogens is 119 g/mol. The van der Waals surface area contributed by atoms with Gasteiger partial charge in [0.2, 0.25) is 0 Å². The maximum Gasteiger partial charge on any atom is 1.00 e. The van der Waals surface area contributed by atoms with Crippen molar-refractivity contribution in [2.75, 3.05) is 6.54 Å². The summed E-state index contributed by atoms with van der Waals surface area (Å²) in [6, 6.07) is 0. The summed E-state index contributed by atoms with van der Waals surface area (Å²) in [5.74, 6) is 0. The van der Waals surface area contributed by atoms with Gasteiger partial charge in [-0.15, -0.1) is 11.8 Å². The maximum absolute atomic E-state index is 9.15. The Morgan fingerprint density at radius 2 is 2.29 bits per heavy atom. The molecule has 0 aromatic heterocycles. The Morgan fingerprint density at radius 1 is 1.71 bits per heavy atom. The fourth-order valence-corrected chi connectivity index (χ4v) is 0.141. The van der Waals surface area contributed by atoms with Gasteiger partial charge in [-0.05, 0) is 0 Å². The van der Waals surface area contributed by atoms with E-state index in [1.54, 1.807) is 0 Å². The van der Waals surface area contributed by atoms with E-state index < -0.39 is 0 Å². The molecule has 0 atom stereocenters. The number of hydrogen-bond acceptors (Lipinski definition) is 2. The van der Waals surface area contributed by atoms with E-state index in [0.717, 1.165) is 6.42 Å². The molecule has 36 valence electrons. The van der Waals surface area contributed by atoms with Gasteiger partial charge in [-0.3, -0.25) is 0 Å². The molecule has 0 spiro atoms. The Balaban J connectivity index is 0. The summed E-state index contributed by atoms with van der Waals surface area (Å²) in [4.78, 5) is 9.15. The number of nitroso groups, excluding NO2 is 1. The smallest absolute Gasteiger partial charge is 0.563 e. The van der Waals surface area contributed by atoms with Gasteiger partial charge in [0.1, 0.15) is 0 Å². The maximum atomic E-state index is 9.15. The third-order valence-corrected chi connectivity index (χ3v) is 0.381. The molecule has 0 aliphatic rings. The predicted molar refractivity (Wildman–Crippen MR) is 24.3 cm³/mol. The fourth-order valence-electron chi connectivity index (χ4n) is 0.141. The molecule has 0 amide bonds. The molecule has 0 aliphatic carbocycles. The molecule has 0 aromatic rings. The molecule has 0 aromatic carbocycles. The molecule has 0 heterocycles. The van der Waals surface area contributed by atoms with E-state index >= 15 is 0 Å². The van der Waals surface area contributed by atoms with Gasteiger partial charge in [0.05, 0.1) is 0 Å². The van der Waals surface area contributed by atoms with Gasteiger partial charge in [-0.2, -0.15) is 4.91 Å². The Kier molecular flexibility index (Phi) is 15.8. The SMILES string of the molecule is CCC[N-]N=O.[K+]. The van der Waals surface area contributed by atoms with Gasteiger partial charge >= 0.3 is 51.4 Å². The van der Waals surface area contributed by atoms with E-state index in [2.05, 4.69) is 10.7 Å². The molecule has 0 aliphatic heterocycles. The first kappa shape index (κ1) is 10.9. The van der Waals surface area contributed by atoms with Crippen LogP contribution >= 0.6 is 0 Å². The Bertz CT molecular complexity index is 41.9. The van der Waals surface area contributed by atoms with Crippen LogP contribution in [0.4, 0.5) is 0 Å². The van der Waals surface area contributed by atoms with E-state index in [1.807, 2.05) is 6.92 Å². The van der Waals surface area contributed by atoms with Crippen LogP contribution in [0, 0.1) is 4.91 Å². The van der Waals surface area contributed by atoms with Crippen LogP contribution in [0.1, 0.15) is 13.3 Å². The van der Waals surface area contributed by atoms with Crippen LogP contribution in [0.5, 0.6) is 0 Å². The third kappa shape index (κ3) is 11.0. The zero-order chi connectivity index (χ0) is 4.83. The van der Waals surface area contributed by atoms with Crippen molar-refractivity contribution < 1.29 is 51.4 Å². The van der Waals surface area contributed by atoms with E-state index in [1.165, 1.54) is 0 Å². The first-order valence-electron chi connectivity index (χ1n) is 1.91. The molecule has 0 rings (SSSR count). The summed E-state index contributed by atoms with van der Waals surface area (Å²) < 4.78 is 0. The topological polar surface area (TPSA) is 43.5 Å². The zero-order valence-corrected chi connectivity index (χ0v) is 7.84. The number of rotatable bonds is 3.